The molecule has 0 aliphatic heterocycles. The predicted octanol–water partition coefficient (Wildman–Crippen LogP) is 4.26. The fourth-order valence-corrected chi connectivity index (χ4v) is 3.83. The lowest BCUT2D eigenvalue weighted by molar-refractivity contribution is -0.384. The van der Waals surface area contributed by atoms with Crippen LogP contribution in [0.5, 0.6) is 0 Å². The minimum absolute atomic E-state index is 0.0481. The number of amides is 1. The molecule has 3 aromatic carbocycles. The van der Waals surface area contributed by atoms with Crippen LogP contribution < -0.4 is 5.32 Å². The SMILES string of the molecule is O=C(N[C@H](C(=O)O)c1ccc([N+](=O)[O-])cc1)OCC1c2ccccc2-c2ccccc21. The van der Waals surface area contributed by atoms with Crippen molar-refractivity contribution in [3.05, 3.63) is 99.6 Å². The summed E-state index contributed by atoms with van der Waals surface area (Å²) in [7, 11) is 0. The minimum Gasteiger partial charge on any atom is -0.479 e. The van der Waals surface area contributed by atoms with Crippen LogP contribution in [-0.2, 0) is 9.53 Å². The molecule has 1 aliphatic rings. The van der Waals surface area contributed by atoms with Crippen molar-refractivity contribution in [1.29, 1.82) is 0 Å². The highest BCUT2D eigenvalue weighted by molar-refractivity contribution is 5.82. The van der Waals surface area contributed by atoms with Gasteiger partial charge in [-0.15, -0.1) is 0 Å². The number of ether oxygens (including phenoxy) is 1. The third-order valence-corrected chi connectivity index (χ3v) is 5.29. The summed E-state index contributed by atoms with van der Waals surface area (Å²) in [4.78, 5) is 34.2. The number of carbonyl (C=O) groups excluding carboxylic acids is 1. The van der Waals surface area contributed by atoms with Crippen LogP contribution in [0, 0.1) is 10.1 Å². The number of fused-ring (bicyclic) bond motifs is 3. The molecule has 0 aromatic heterocycles. The van der Waals surface area contributed by atoms with Gasteiger partial charge >= 0.3 is 12.1 Å². The molecule has 1 atom stereocenters. The number of nitrogens with zero attached hydrogens (tertiary/aromatic N) is 1. The van der Waals surface area contributed by atoms with Crippen molar-refractivity contribution >= 4 is 17.7 Å². The lowest BCUT2D eigenvalue weighted by atomic mass is 9.98. The highest BCUT2D eigenvalue weighted by atomic mass is 16.6. The van der Waals surface area contributed by atoms with Gasteiger partial charge in [0.05, 0.1) is 4.92 Å². The molecule has 2 N–H and O–H groups in total. The highest BCUT2D eigenvalue weighted by Gasteiger charge is 2.30. The number of carbonyl (C=O) groups is 2. The summed E-state index contributed by atoms with van der Waals surface area (Å²) in [5, 5.41) is 22.6. The van der Waals surface area contributed by atoms with Gasteiger partial charge in [-0.05, 0) is 39.9 Å². The first-order valence-electron chi connectivity index (χ1n) is 9.54. The predicted molar refractivity (Wildman–Crippen MR) is 112 cm³/mol. The number of non-ortho nitro benzene ring substituents is 1. The van der Waals surface area contributed by atoms with Crippen molar-refractivity contribution in [2.45, 2.75) is 12.0 Å². The number of hydrogen-bond acceptors (Lipinski definition) is 5. The molecule has 0 fully saturated rings. The van der Waals surface area contributed by atoms with E-state index in [1.807, 2.05) is 48.5 Å². The number of nitrogens with one attached hydrogen (secondary N) is 1. The third-order valence-electron chi connectivity index (χ3n) is 5.29. The highest BCUT2D eigenvalue weighted by Crippen LogP contribution is 2.44. The molecule has 0 radical (unpaired) electrons. The van der Waals surface area contributed by atoms with E-state index in [0.29, 0.717) is 0 Å². The topological polar surface area (TPSA) is 119 Å². The van der Waals surface area contributed by atoms with Gasteiger partial charge < -0.3 is 15.2 Å². The van der Waals surface area contributed by atoms with Crippen LogP contribution in [0.2, 0.25) is 0 Å². The number of carboxylic acid groups (broad SMARTS) is 1. The van der Waals surface area contributed by atoms with Gasteiger partial charge in [0.25, 0.3) is 5.69 Å². The normalized spacial score (nSPS) is 13.0. The average molecular weight is 418 g/mol. The molecule has 1 aliphatic carbocycles. The second-order valence-electron chi connectivity index (χ2n) is 7.09. The monoisotopic (exact) mass is 418 g/mol. The smallest absolute Gasteiger partial charge is 0.408 e. The molecule has 0 heterocycles. The van der Waals surface area contributed by atoms with Crippen molar-refractivity contribution < 1.29 is 24.4 Å². The second kappa shape index (κ2) is 8.27. The fraction of sp³-hybridized carbons (Fsp3) is 0.130. The number of benzene rings is 3. The van der Waals surface area contributed by atoms with Crippen molar-refractivity contribution in [2.24, 2.45) is 0 Å². The van der Waals surface area contributed by atoms with E-state index in [1.165, 1.54) is 24.3 Å². The van der Waals surface area contributed by atoms with Crippen LogP contribution in [0.25, 0.3) is 11.1 Å². The minimum atomic E-state index is -1.39. The molecule has 3 aromatic rings. The largest absolute Gasteiger partial charge is 0.479 e. The van der Waals surface area contributed by atoms with E-state index < -0.39 is 23.0 Å². The summed E-state index contributed by atoms with van der Waals surface area (Å²) >= 11 is 0. The number of hydrogen-bond donors (Lipinski definition) is 2. The summed E-state index contributed by atoms with van der Waals surface area (Å²) in [5.74, 6) is -1.46. The van der Waals surface area contributed by atoms with E-state index >= 15 is 0 Å². The van der Waals surface area contributed by atoms with Crippen molar-refractivity contribution in [1.82, 2.24) is 5.32 Å². The maximum atomic E-state index is 12.4. The van der Waals surface area contributed by atoms with Gasteiger partial charge in [-0.3, -0.25) is 10.1 Å². The third kappa shape index (κ3) is 3.95. The zero-order valence-corrected chi connectivity index (χ0v) is 16.2. The molecule has 0 spiro atoms. The van der Waals surface area contributed by atoms with Crippen molar-refractivity contribution in [3.63, 3.8) is 0 Å². The van der Waals surface area contributed by atoms with Crippen LogP contribution in [0.3, 0.4) is 0 Å². The Kier molecular flexibility index (Phi) is 5.36. The van der Waals surface area contributed by atoms with Gasteiger partial charge in [-0.1, -0.05) is 48.5 Å². The molecular weight excluding hydrogens is 400 g/mol. The Morgan fingerprint density at radius 3 is 2.03 bits per heavy atom. The first kappa shape index (κ1) is 20.1. The molecule has 0 saturated heterocycles. The number of nitro groups is 1. The number of nitro benzene ring substituents is 1. The van der Waals surface area contributed by atoms with E-state index in [2.05, 4.69) is 5.32 Å². The number of rotatable bonds is 6. The maximum absolute atomic E-state index is 12.4. The van der Waals surface area contributed by atoms with E-state index in [0.717, 1.165) is 22.3 Å². The quantitative estimate of drug-likeness (QED) is 0.456. The maximum Gasteiger partial charge on any atom is 0.408 e. The molecule has 156 valence electrons. The Morgan fingerprint density at radius 1 is 0.968 bits per heavy atom. The van der Waals surface area contributed by atoms with E-state index in [4.69, 9.17) is 4.74 Å². The molecule has 0 saturated carbocycles. The standard InChI is InChI=1S/C23H18N2O6/c26-22(27)21(14-9-11-15(12-10-14)25(29)30)24-23(28)31-13-20-18-7-3-1-5-16(18)17-6-2-4-8-19(17)20/h1-12,20-21H,13H2,(H,24,28)(H,26,27)/t21-/m0/s1. The molecule has 31 heavy (non-hydrogen) atoms. The van der Waals surface area contributed by atoms with E-state index in [9.17, 15) is 24.8 Å². The zero-order valence-electron chi connectivity index (χ0n) is 16.2. The first-order chi connectivity index (χ1) is 15.0. The summed E-state index contributed by atoms with van der Waals surface area (Å²) in [6, 6.07) is 19.3. The van der Waals surface area contributed by atoms with E-state index in [1.54, 1.807) is 0 Å². The van der Waals surface area contributed by atoms with Crippen LogP contribution in [0.1, 0.15) is 28.7 Å². The van der Waals surface area contributed by atoms with Crippen molar-refractivity contribution in [2.75, 3.05) is 6.61 Å². The Morgan fingerprint density at radius 2 is 1.52 bits per heavy atom. The Labute approximate surface area is 177 Å². The molecule has 8 heteroatoms. The Hall–Kier alpha value is -4.20. The van der Waals surface area contributed by atoms with Gasteiger partial charge in [0.2, 0.25) is 0 Å². The summed E-state index contributed by atoms with van der Waals surface area (Å²) in [5.41, 5.74) is 4.28. The van der Waals surface area contributed by atoms with Gasteiger partial charge in [0.15, 0.2) is 6.04 Å². The van der Waals surface area contributed by atoms with E-state index in [-0.39, 0.29) is 23.8 Å². The summed E-state index contributed by atoms with van der Waals surface area (Å²) in [6.07, 6.45) is -0.882. The molecule has 0 unspecified atom stereocenters. The fourth-order valence-electron chi connectivity index (χ4n) is 3.83. The van der Waals surface area contributed by atoms with Gasteiger partial charge in [0.1, 0.15) is 6.61 Å². The summed E-state index contributed by atoms with van der Waals surface area (Å²) in [6.45, 7) is 0.0481. The average Bonchev–Trinajstić information content (AvgIpc) is 3.10. The lowest BCUT2D eigenvalue weighted by Gasteiger charge is -2.17. The van der Waals surface area contributed by atoms with Crippen LogP contribution in [0.15, 0.2) is 72.8 Å². The summed E-state index contributed by atoms with van der Waals surface area (Å²) < 4.78 is 5.38. The molecular formula is C23H18N2O6. The molecule has 0 bridgehead atoms. The molecule has 8 nitrogen and oxygen atoms in total. The van der Waals surface area contributed by atoms with Gasteiger partial charge in [-0.25, -0.2) is 9.59 Å². The van der Waals surface area contributed by atoms with Gasteiger partial charge in [-0.2, -0.15) is 0 Å². The zero-order chi connectivity index (χ0) is 22.0. The van der Waals surface area contributed by atoms with Crippen molar-refractivity contribution in [3.8, 4) is 11.1 Å². The van der Waals surface area contributed by atoms with Crippen LogP contribution in [0.4, 0.5) is 10.5 Å². The molecule has 1 amide bonds. The number of aliphatic carboxylic acids is 1. The number of carboxylic acids is 1. The first-order valence-corrected chi connectivity index (χ1v) is 9.54. The number of alkyl carbamates (subject to hydrolysis) is 1. The van der Waals surface area contributed by atoms with Gasteiger partial charge in [0, 0.05) is 18.1 Å². The lowest BCUT2D eigenvalue weighted by Crippen LogP contribution is -2.34. The van der Waals surface area contributed by atoms with Crippen LogP contribution in [-0.4, -0.2) is 28.7 Å². The van der Waals surface area contributed by atoms with Crippen LogP contribution >= 0.6 is 0 Å². The Balaban J connectivity index is 1.47. The second-order valence-corrected chi connectivity index (χ2v) is 7.09. The Bertz CT molecular complexity index is 1110. The molecule has 4 rings (SSSR count).